The average Bonchev–Trinajstić information content (AvgIpc) is 3.18. The van der Waals surface area contributed by atoms with Gasteiger partial charge in [0.25, 0.3) is 10.2 Å². The van der Waals surface area contributed by atoms with Crippen molar-refractivity contribution >= 4 is 21.8 Å². The minimum absolute atomic E-state index is 0.100. The van der Waals surface area contributed by atoms with E-state index in [1.165, 1.54) is 8.99 Å². The summed E-state index contributed by atoms with van der Waals surface area (Å²) in [5.41, 5.74) is 1.23. The fourth-order valence-corrected chi connectivity index (χ4v) is 3.79. The summed E-state index contributed by atoms with van der Waals surface area (Å²) < 4.78 is 29.7. The van der Waals surface area contributed by atoms with Gasteiger partial charge in [0.1, 0.15) is 0 Å². The zero-order valence-corrected chi connectivity index (χ0v) is 13.4. The Labute approximate surface area is 134 Å². The van der Waals surface area contributed by atoms with Crippen molar-refractivity contribution in [3.8, 4) is 5.69 Å². The smallest absolute Gasteiger partial charge is 0.219 e. The predicted molar refractivity (Wildman–Crippen MR) is 82.9 cm³/mol. The minimum atomic E-state index is -3.44. The third kappa shape index (κ3) is 3.30. The quantitative estimate of drug-likeness (QED) is 0.890. The van der Waals surface area contributed by atoms with Crippen LogP contribution in [0.4, 0.5) is 0 Å². The molecule has 1 N–H and O–H groups in total. The molecule has 9 heteroatoms. The molecule has 1 aliphatic heterocycles. The second kappa shape index (κ2) is 6.33. The molecule has 0 atom stereocenters. The Morgan fingerprint density at radius 1 is 1.23 bits per heavy atom. The highest BCUT2D eigenvalue weighted by molar-refractivity contribution is 7.87. The minimum Gasteiger partial charge on any atom is -0.219 e. The second-order valence-electron chi connectivity index (χ2n) is 5.04. The summed E-state index contributed by atoms with van der Waals surface area (Å²) >= 11 is 6.10. The lowest BCUT2D eigenvalue weighted by molar-refractivity contribution is 0.464. The summed E-state index contributed by atoms with van der Waals surface area (Å²) in [5.74, 6) is 0. The lowest BCUT2D eigenvalue weighted by Gasteiger charge is -2.15. The lowest BCUT2D eigenvalue weighted by Crippen LogP contribution is -2.38. The molecule has 0 saturated carbocycles. The normalized spacial score (nSPS) is 16.2. The van der Waals surface area contributed by atoms with Crippen molar-refractivity contribution in [2.75, 3.05) is 13.1 Å². The fourth-order valence-electron chi connectivity index (χ4n) is 2.32. The first kappa shape index (κ1) is 15.4. The van der Waals surface area contributed by atoms with E-state index in [4.69, 9.17) is 11.6 Å². The largest absolute Gasteiger partial charge is 0.279 e. The van der Waals surface area contributed by atoms with E-state index in [9.17, 15) is 8.42 Å². The molecule has 22 heavy (non-hydrogen) atoms. The molecular weight excluding hydrogens is 326 g/mol. The first-order valence-corrected chi connectivity index (χ1v) is 8.79. The molecule has 7 nitrogen and oxygen atoms in total. The van der Waals surface area contributed by atoms with Crippen LogP contribution in [-0.2, 0) is 16.8 Å². The second-order valence-corrected chi connectivity index (χ2v) is 7.20. The molecule has 0 spiro atoms. The van der Waals surface area contributed by atoms with Crippen molar-refractivity contribution in [1.82, 2.24) is 24.0 Å². The van der Waals surface area contributed by atoms with E-state index in [0.29, 0.717) is 29.5 Å². The number of benzene rings is 1. The zero-order chi connectivity index (χ0) is 15.6. The molecule has 1 aliphatic rings. The van der Waals surface area contributed by atoms with Crippen molar-refractivity contribution in [2.24, 2.45) is 0 Å². The Kier molecular flexibility index (Phi) is 4.44. The number of halogens is 1. The molecule has 0 bridgehead atoms. The molecule has 3 rings (SSSR count). The van der Waals surface area contributed by atoms with E-state index in [2.05, 4.69) is 15.0 Å². The number of hydrogen-bond acceptors (Lipinski definition) is 4. The predicted octanol–water partition coefficient (Wildman–Crippen LogP) is 1.35. The first-order valence-electron chi connectivity index (χ1n) is 6.97. The van der Waals surface area contributed by atoms with Crippen LogP contribution < -0.4 is 4.72 Å². The van der Waals surface area contributed by atoms with E-state index < -0.39 is 10.2 Å². The summed E-state index contributed by atoms with van der Waals surface area (Å²) in [6, 6.07) is 7.25. The molecule has 2 aromatic rings. The van der Waals surface area contributed by atoms with Gasteiger partial charge < -0.3 is 0 Å². The van der Waals surface area contributed by atoms with E-state index in [1.807, 2.05) is 18.2 Å². The highest BCUT2D eigenvalue weighted by Crippen LogP contribution is 2.18. The third-order valence-corrected chi connectivity index (χ3v) is 5.35. The SMILES string of the molecule is O=S(=O)(NCc1cn(-c2ccccc2Cl)nn1)N1CCCC1. The topological polar surface area (TPSA) is 80.1 Å². The van der Waals surface area contributed by atoms with Gasteiger partial charge in [0.05, 0.1) is 29.1 Å². The Bertz CT molecular complexity index is 755. The van der Waals surface area contributed by atoms with Crippen LogP contribution in [0.5, 0.6) is 0 Å². The number of rotatable bonds is 5. The summed E-state index contributed by atoms with van der Waals surface area (Å²) in [6.07, 6.45) is 3.47. The third-order valence-electron chi connectivity index (χ3n) is 3.48. The molecule has 118 valence electrons. The number of para-hydroxylation sites is 1. The summed E-state index contributed by atoms with van der Waals surface area (Å²) in [4.78, 5) is 0. The molecule has 0 amide bonds. The van der Waals surface area contributed by atoms with Crippen LogP contribution in [0.2, 0.25) is 5.02 Å². The molecule has 1 aromatic heterocycles. The number of nitrogens with one attached hydrogen (secondary N) is 1. The Morgan fingerprint density at radius 2 is 1.95 bits per heavy atom. The van der Waals surface area contributed by atoms with Crippen LogP contribution in [0, 0.1) is 0 Å². The summed E-state index contributed by atoms with van der Waals surface area (Å²) in [7, 11) is -3.44. The molecule has 1 saturated heterocycles. The molecule has 0 radical (unpaired) electrons. The van der Waals surface area contributed by atoms with Gasteiger partial charge in [-0.1, -0.05) is 28.9 Å². The average molecular weight is 342 g/mol. The van der Waals surface area contributed by atoms with Crippen LogP contribution in [0.25, 0.3) is 5.69 Å². The van der Waals surface area contributed by atoms with Crippen molar-refractivity contribution in [2.45, 2.75) is 19.4 Å². The Balaban J connectivity index is 1.69. The van der Waals surface area contributed by atoms with Gasteiger partial charge in [-0.3, -0.25) is 0 Å². The van der Waals surface area contributed by atoms with Crippen molar-refractivity contribution in [1.29, 1.82) is 0 Å². The van der Waals surface area contributed by atoms with E-state index >= 15 is 0 Å². The molecule has 2 heterocycles. The summed E-state index contributed by atoms with van der Waals surface area (Å²) in [5, 5.41) is 8.50. The van der Waals surface area contributed by atoms with Gasteiger partial charge >= 0.3 is 0 Å². The highest BCUT2D eigenvalue weighted by Gasteiger charge is 2.24. The van der Waals surface area contributed by atoms with Crippen molar-refractivity contribution in [3.05, 3.63) is 41.2 Å². The van der Waals surface area contributed by atoms with Gasteiger partial charge in [0, 0.05) is 13.1 Å². The maximum absolute atomic E-state index is 12.1. The Hall–Kier alpha value is -1.48. The lowest BCUT2D eigenvalue weighted by atomic mass is 10.3. The van der Waals surface area contributed by atoms with Gasteiger partial charge in [-0.15, -0.1) is 5.10 Å². The highest BCUT2D eigenvalue weighted by atomic mass is 35.5. The number of aromatic nitrogens is 3. The van der Waals surface area contributed by atoms with Gasteiger partial charge in [0.15, 0.2) is 0 Å². The van der Waals surface area contributed by atoms with E-state index in [0.717, 1.165) is 12.8 Å². The van der Waals surface area contributed by atoms with Crippen LogP contribution in [0.3, 0.4) is 0 Å². The van der Waals surface area contributed by atoms with Crippen LogP contribution in [0.1, 0.15) is 18.5 Å². The van der Waals surface area contributed by atoms with Crippen LogP contribution >= 0.6 is 11.6 Å². The molecular formula is C13H16ClN5O2S. The number of hydrogen-bond donors (Lipinski definition) is 1. The zero-order valence-electron chi connectivity index (χ0n) is 11.8. The Morgan fingerprint density at radius 3 is 2.68 bits per heavy atom. The van der Waals surface area contributed by atoms with Gasteiger partial charge in [0.2, 0.25) is 0 Å². The van der Waals surface area contributed by atoms with Gasteiger partial charge in [-0.05, 0) is 25.0 Å². The van der Waals surface area contributed by atoms with Gasteiger partial charge in [-0.25, -0.2) is 4.68 Å². The molecule has 0 unspecified atom stereocenters. The van der Waals surface area contributed by atoms with Crippen LogP contribution in [0.15, 0.2) is 30.5 Å². The number of nitrogens with zero attached hydrogens (tertiary/aromatic N) is 4. The van der Waals surface area contributed by atoms with Crippen LogP contribution in [-0.4, -0.2) is 40.8 Å². The monoisotopic (exact) mass is 341 g/mol. The van der Waals surface area contributed by atoms with Crippen molar-refractivity contribution in [3.63, 3.8) is 0 Å². The van der Waals surface area contributed by atoms with E-state index in [-0.39, 0.29) is 6.54 Å². The molecule has 1 aromatic carbocycles. The summed E-state index contributed by atoms with van der Waals surface area (Å²) in [6.45, 7) is 1.24. The fraction of sp³-hybridized carbons (Fsp3) is 0.385. The molecule has 0 aliphatic carbocycles. The molecule has 1 fully saturated rings. The van der Waals surface area contributed by atoms with Crippen molar-refractivity contribution < 1.29 is 8.42 Å². The van der Waals surface area contributed by atoms with E-state index in [1.54, 1.807) is 12.3 Å². The maximum atomic E-state index is 12.1. The standard InChI is InChI=1S/C13H16ClN5O2S/c14-12-5-1-2-6-13(12)19-10-11(16-17-19)9-15-22(20,21)18-7-3-4-8-18/h1-2,5-6,10,15H,3-4,7-9H2. The van der Waals surface area contributed by atoms with Gasteiger partial charge in [-0.2, -0.15) is 17.4 Å². The first-order chi connectivity index (χ1) is 10.6. The maximum Gasteiger partial charge on any atom is 0.279 e.